The summed E-state index contributed by atoms with van der Waals surface area (Å²) in [6.45, 7) is 2.71. The molecule has 0 aliphatic heterocycles. The predicted octanol–water partition coefficient (Wildman–Crippen LogP) is 3.17. The van der Waals surface area contributed by atoms with Crippen molar-refractivity contribution in [1.29, 1.82) is 0 Å². The molecule has 0 amide bonds. The van der Waals surface area contributed by atoms with Crippen LogP contribution < -0.4 is 4.74 Å². The van der Waals surface area contributed by atoms with Gasteiger partial charge in [-0.25, -0.2) is 4.39 Å². The average molecular weight is 267 g/mol. The molecule has 0 bridgehead atoms. The number of aromatic amines is 1. The van der Waals surface area contributed by atoms with Gasteiger partial charge in [0.25, 0.3) is 0 Å². The van der Waals surface area contributed by atoms with Crippen molar-refractivity contribution >= 4 is 12.2 Å². The second-order valence-corrected chi connectivity index (χ2v) is 4.21. The molecule has 1 aromatic heterocycles. The summed E-state index contributed by atoms with van der Waals surface area (Å²) in [5.41, 5.74) is 0.334. The van der Waals surface area contributed by atoms with E-state index < -0.39 is 0 Å². The molecule has 96 valence electrons. The maximum absolute atomic E-state index is 14.0. The van der Waals surface area contributed by atoms with Crippen LogP contribution in [-0.2, 0) is 6.54 Å². The molecule has 4 nitrogen and oxygen atoms in total. The number of nitrogens with one attached hydrogen (secondary N) is 1. The first-order valence-electron chi connectivity index (χ1n) is 5.67. The summed E-state index contributed by atoms with van der Waals surface area (Å²) < 4.78 is 21.4. The van der Waals surface area contributed by atoms with Gasteiger partial charge in [-0.2, -0.15) is 5.10 Å². The van der Waals surface area contributed by atoms with Crippen LogP contribution in [0.15, 0.2) is 18.2 Å². The lowest BCUT2D eigenvalue weighted by molar-refractivity contribution is 0.412. The SMILES string of the molecule is CCCn1c(-c2c(F)cccc2OC)n[nH]c1=S. The van der Waals surface area contributed by atoms with Crippen molar-refractivity contribution in [3.8, 4) is 17.1 Å². The van der Waals surface area contributed by atoms with Gasteiger partial charge in [0.15, 0.2) is 10.6 Å². The lowest BCUT2D eigenvalue weighted by atomic mass is 10.1. The number of ether oxygens (including phenoxy) is 1. The molecule has 1 aromatic carbocycles. The largest absolute Gasteiger partial charge is 0.496 e. The molecule has 18 heavy (non-hydrogen) atoms. The maximum Gasteiger partial charge on any atom is 0.195 e. The Bertz CT molecular complexity index is 606. The molecule has 1 heterocycles. The van der Waals surface area contributed by atoms with Crippen molar-refractivity contribution in [3.63, 3.8) is 0 Å². The van der Waals surface area contributed by atoms with E-state index in [2.05, 4.69) is 10.2 Å². The highest BCUT2D eigenvalue weighted by Gasteiger charge is 2.17. The Balaban J connectivity index is 2.65. The summed E-state index contributed by atoms with van der Waals surface area (Å²) in [4.78, 5) is 0. The molecule has 2 rings (SSSR count). The number of aromatic nitrogens is 3. The first kappa shape index (κ1) is 12.8. The van der Waals surface area contributed by atoms with Gasteiger partial charge in [0.1, 0.15) is 11.6 Å². The molecule has 0 aliphatic rings. The van der Waals surface area contributed by atoms with Crippen molar-refractivity contribution in [2.45, 2.75) is 19.9 Å². The molecule has 0 saturated carbocycles. The van der Waals surface area contributed by atoms with Gasteiger partial charge in [-0.05, 0) is 30.8 Å². The summed E-state index contributed by atoms with van der Waals surface area (Å²) in [6.07, 6.45) is 0.887. The van der Waals surface area contributed by atoms with Crippen LogP contribution in [-0.4, -0.2) is 21.9 Å². The lowest BCUT2D eigenvalue weighted by Gasteiger charge is -2.10. The molecule has 0 fully saturated rings. The highest BCUT2D eigenvalue weighted by atomic mass is 32.1. The number of nitrogens with zero attached hydrogens (tertiary/aromatic N) is 2. The smallest absolute Gasteiger partial charge is 0.195 e. The molecule has 0 atom stereocenters. The third-order valence-electron chi connectivity index (χ3n) is 2.62. The number of hydrogen-bond acceptors (Lipinski definition) is 3. The monoisotopic (exact) mass is 267 g/mol. The van der Waals surface area contributed by atoms with Crippen molar-refractivity contribution in [3.05, 3.63) is 28.8 Å². The van der Waals surface area contributed by atoms with Crippen molar-refractivity contribution < 1.29 is 9.13 Å². The molecule has 0 spiro atoms. The van der Waals surface area contributed by atoms with Gasteiger partial charge in [-0.1, -0.05) is 13.0 Å². The zero-order chi connectivity index (χ0) is 13.1. The number of rotatable bonds is 4. The minimum absolute atomic E-state index is 0.334. The fourth-order valence-corrected chi connectivity index (χ4v) is 2.05. The summed E-state index contributed by atoms with van der Waals surface area (Å²) in [5.74, 6) is 0.541. The van der Waals surface area contributed by atoms with Crippen LogP contribution in [0.1, 0.15) is 13.3 Å². The van der Waals surface area contributed by atoms with Crippen LogP contribution in [0.2, 0.25) is 0 Å². The Kier molecular flexibility index (Phi) is 3.76. The molecule has 1 N–H and O–H groups in total. The van der Waals surface area contributed by atoms with Crippen LogP contribution >= 0.6 is 12.2 Å². The minimum Gasteiger partial charge on any atom is -0.496 e. The van der Waals surface area contributed by atoms with E-state index in [1.54, 1.807) is 16.7 Å². The zero-order valence-corrected chi connectivity index (χ0v) is 11.1. The van der Waals surface area contributed by atoms with Gasteiger partial charge in [-0.15, -0.1) is 0 Å². The van der Waals surface area contributed by atoms with Crippen LogP contribution in [0, 0.1) is 10.6 Å². The molecule has 6 heteroatoms. The summed E-state index contributed by atoms with van der Waals surface area (Å²) in [6, 6.07) is 4.68. The second kappa shape index (κ2) is 5.30. The van der Waals surface area contributed by atoms with E-state index in [4.69, 9.17) is 17.0 Å². The van der Waals surface area contributed by atoms with Crippen molar-refractivity contribution in [2.24, 2.45) is 0 Å². The fourth-order valence-electron chi connectivity index (χ4n) is 1.83. The van der Waals surface area contributed by atoms with E-state index in [1.165, 1.54) is 13.2 Å². The molecular formula is C12H14FN3OS. The minimum atomic E-state index is -0.374. The van der Waals surface area contributed by atoms with Gasteiger partial charge in [-0.3, -0.25) is 9.67 Å². The molecule has 0 saturated heterocycles. The Morgan fingerprint density at radius 2 is 2.28 bits per heavy atom. The van der Waals surface area contributed by atoms with Crippen molar-refractivity contribution in [2.75, 3.05) is 7.11 Å². The third-order valence-corrected chi connectivity index (χ3v) is 2.94. The quantitative estimate of drug-likeness (QED) is 0.865. The van der Waals surface area contributed by atoms with E-state index in [0.717, 1.165) is 6.42 Å². The molecule has 0 unspecified atom stereocenters. The number of halogens is 1. The second-order valence-electron chi connectivity index (χ2n) is 3.82. The van der Waals surface area contributed by atoms with Crippen LogP contribution in [0.4, 0.5) is 4.39 Å². The Morgan fingerprint density at radius 3 is 2.94 bits per heavy atom. The van der Waals surface area contributed by atoms with Crippen LogP contribution in [0.25, 0.3) is 11.4 Å². The Morgan fingerprint density at radius 1 is 1.50 bits per heavy atom. The number of hydrogen-bond donors (Lipinski definition) is 1. The first-order valence-corrected chi connectivity index (χ1v) is 6.08. The zero-order valence-electron chi connectivity index (χ0n) is 10.2. The maximum atomic E-state index is 14.0. The summed E-state index contributed by atoms with van der Waals surface area (Å²) >= 11 is 5.14. The normalized spacial score (nSPS) is 10.6. The van der Waals surface area contributed by atoms with Crippen LogP contribution in [0.5, 0.6) is 5.75 Å². The number of methoxy groups -OCH3 is 1. The van der Waals surface area contributed by atoms with Gasteiger partial charge in [0, 0.05) is 6.54 Å². The lowest BCUT2D eigenvalue weighted by Crippen LogP contribution is -2.02. The van der Waals surface area contributed by atoms with Crippen LogP contribution in [0.3, 0.4) is 0 Å². The highest BCUT2D eigenvalue weighted by molar-refractivity contribution is 7.71. The van der Waals surface area contributed by atoms with E-state index in [0.29, 0.717) is 28.5 Å². The van der Waals surface area contributed by atoms with Gasteiger partial charge in [0.2, 0.25) is 0 Å². The molecular weight excluding hydrogens is 253 g/mol. The molecule has 2 aromatic rings. The van der Waals surface area contributed by atoms with E-state index in [9.17, 15) is 4.39 Å². The standard InChI is InChI=1S/C12H14FN3OS/c1-3-7-16-11(14-15-12(16)18)10-8(13)5-4-6-9(10)17-2/h4-6H,3,7H2,1-2H3,(H,15,18). The Labute approximate surface area is 109 Å². The summed E-state index contributed by atoms with van der Waals surface area (Å²) in [7, 11) is 1.50. The molecule has 0 radical (unpaired) electrons. The van der Waals surface area contributed by atoms with Gasteiger partial charge >= 0.3 is 0 Å². The highest BCUT2D eigenvalue weighted by Crippen LogP contribution is 2.31. The Hall–Kier alpha value is -1.69. The van der Waals surface area contributed by atoms with Gasteiger partial charge < -0.3 is 4.74 Å². The van der Waals surface area contributed by atoms with Crippen molar-refractivity contribution in [1.82, 2.24) is 14.8 Å². The van der Waals surface area contributed by atoms with E-state index >= 15 is 0 Å². The third kappa shape index (κ3) is 2.15. The topological polar surface area (TPSA) is 42.8 Å². The fraction of sp³-hybridized carbons (Fsp3) is 0.333. The summed E-state index contributed by atoms with van der Waals surface area (Å²) in [5, 5.41) is 6.79. The number of benzene rings is 1. The average Bonchev–Trinajstić information content (AvgIpc) is 2.71. The van der Waals surface area contributed by atoms with E-state index in [1.807, 2.05) is 6.92 Å². The predicted molar refractivity (Wildman–Crippen MR) is 69.6 cm³/mol. The molecule has 0 aliphatic carbocycles. The van der Waals surface area contributed by atoms with Gasteiger partial charge in [0.05, 0.1) is 12.7 Å². The van der Waals surface area contributed by atoms with E-state index in [-0.39, 0.29) is 5.82 Å². The first-order chi connectivity index (χ1) is 8.69. The number of H-pyrrole nitrogens is 1.